The van der Waals surface area contributed by atoms with Crippen LogP contribution in [-0.2, 0) is 12.8 Å². The van der Waals surface area contributed by atoms with Crippen LogP contribution in [0.15, 0.2) is 18.2 Å². The number of benzene rings is 1. The van der Waals surface area contributed by atoms with Gasteiger partial charge in [-0.05, 0) is 29.5 Å². The predicted octanol–water partition coefficient (Wildman–Crippen LogP) is 3.72. The third kappa shape index (κ3) is 2.14. The maximum Gasteiger partial charge on any atom is 0.0997 e. The minimum atomic E-state index is -0.347. The second kappa shape index (κ2) is 5.14. The molecule has 0 nitrogen and oxygen atoms in total. The van der Waals surface area contributed by atoms with Crippen LogP contribution in [0.25, 0.3) is 0 Å². The molecule has 77 valence electrons. The van der Waals surface area contributed by atoms with Crippen LogP contribution in [-0.4, -0.2) is 6.67 Å². The molecule has 14 heavy (non-hydrogen) atoms. The van der Waals surface area contributed by atoms with Gasteiger partial charge in [0, 0.05) is 5.92 Å². The van der Waals surface area contributed by atoms with Crippen LogP contribution >= 0.6 is 0 Å². The third-order valence-electron chi connectivity index (χ3n) is 2.67. The Labute approximate surface area is 86.2 Å². The Hall–Kier alpha value is -0.850. The molecular formula is C13H18F. The van der Waals surface area contributed by atoms with E-state index in [-0.39, 0.29) is 6.67 Å². The van der Waals surface area contributed by atoms with Crippen LogP contribution in [0.1, 0.15) is 37.5 Å². The van der Waals surface area contributed by atoms with E-state index in [1.807, 2.05) is 19.1 Å². The van der Waals surface area contributed by atoms with Crippen molar-refractivity contribution in [1.82, 2.24) is 0 Å². The summed E-state index contributed by atoms with van der Waals surface area (Å²) in [7, 11) is 0. The zero-order valence-corrected chi connectivity index (χ0v) is 9.23. The first-order valence-electron chi connectivity index (χ1n) is 5.24. The molecule has 0 amide bonds. The van der Waals surface area contributed by atoms with Gasteiger partial charge < -0.3 is 0 Å². The van der Waals surface area contributed by atoms with Gasteiger partial charge in [-0.2, -0.15) is 0 Å². The molecule has 1 aromatic carbocycles. The van der Waals surface area contributed by atoms with E-state index in [1.54, 1.807) is 0 Å². The first kappa shape index (κ1) is 11.2. The lowest BCUT2D eigenvalue weighted by Gasteiger charge is -2.15. The van der Waals surface area contributed by atoms with Crippen LogP contribution in [0.3, 0.4) is 0 Å². The average Bonchev–Trinajstić information content (AvgIpc) is 2.26. The normalized spacial score (nSPS) is 10.9. The van der Waals surface area contributed by atoms with E-state index in [0.29, 0.717) is 0 Å². The smallest absolute Gasteiger partial charge is 0.0997 e. The van der Waals surface area contributed by atoms with Gasteiger partial charge in [0.05, 0.1) is 6.67 Å². The van der Waals surface area contributed by atoms with Crippen molar-refractivity contribution in [3.63, 3.8) is 0 Å². The highest BCUT2D eigenvalue weighted by molar-refractivity contribution is 5.43. The predicted molar refractivity (Wildman–Crippen MR) is 59.2 cm³/mol. The van der Waals surface area contributed by atoms with Crippen LogP contribution in [0.4, 0.5) is 4.39 Å². The van der Waals surface area contributed by atoms with Gasteiger partial charge >= 0.3 is 0 Å². The molecule has 0 saturated carbocycles. The molecule has 0 atom stereocenters. The Kier molecular flexibility index (Phi) is 4.12. The van der Waals surface area contributed by atoms with Gasteiger partial charge in [-0.3, -0.25) is 4.39 Å². The molecule has 0 aliphatic carbocycles. The van der Waals surface area contributed by atoms with Gasteiger partial charge in [-0.25, -0.2) is 0 Å². The topological polar surface area (TPSA) is 0 Å². The molecule has 0 bridgehead atoms. The molecule has 0 aliphatic heterocycles. The molecule has 0 unspecified atom stereocenters. The molecule has 0 aromatic heterocycles. The molecule has 1 radical (unpaired) electrons. The summed E-state index contributed by atoms with van der Waals surface area (Å²) < 4.78 is 12.6. The van der Waals surface area contributed by atoms with Crippen LogP contribution < -0.4 is 0 Å². The molecule has 1 aromatic rings. The van der Waals surface area contributed by atoms with Gasteiger partial charge in [0.15, 0.2) is 0 Å². The summed E-state index contributed by atoms with van der Waals surface area (Å²) in [4.78, 5) is 0. The lowest BCUT2D eigenvalue weighted by Crippen LogP contribution is -2.04. The van der Waals surface area contributed by atoms with Crippen molar-refractivity contribution >= 4 is 0 Å². The van der Waals surface area contributed by atoms with Gasteiger partial charge in [0.25, 0.3) is 0 Å². The fraction of sp³-hybridized carbons (Fsp3) is 0.462. The van der Waals surface area contributed by atoms with Crippen molar-refractivity contribution in [2.45, 2.75) is 33.6 Å². The summed E-state index contributed by atoms with van der Waals surface area (Å²) in [6.07, 6.45) is 2.01. The van der Waals surface area contributed by atoms with Crippen LogP contribution in [0.5, 0.6) is 0 Å². The van der Waals surface area contributed by atoms with Crippen molar-refractivity contribution in [3.8, 4) is 0 Å². The number of halogens is 1. The Bertz CT molecular complexity index is 291. The van der Waals surface area contributed by atoms with Crippen molar-refractivity contribution in [2.24, 2.45) is 0 Å². The van der Waals surface area contributed by atoms with Crippen LogP contribution in [0, 0.1) is 5.92 Å². The average molecular weight is 193 g/mol. The first-order chi connectivity index (χ1) is 6.74. The standard InChI is InChI=1S/C13H18F/c1-4-11-7-6-8-13(10(3)9-14)12(11)5-2/h6-8H,4-5,9H2,1-3H3. The maximum atomic E-state index is 12.6. The highest BCUT2D eigenvalue weighted by atomic mass is 19.1. The minimum Gasteiger partial charge on any atom is -0.250 e. The van der Waals surface area contributed by atoms with E-state index in [0.717, 1.165) is 24.3 Å². The number of hydrogen-bond acceptors (Lipinski definition) is 0. The molecule has 0 saturated heterocycles. The molecule has 1 rings (SSSR count). The van der Waals surface area contributed by atoms with Crippen molar-refractivity contribution in [1.29, 1.82) is 0 Å². The van der Waals surface area contributed by atoms with Crippen molar-refractivity contribution < 1.29 is 4.39 Å². The number of hydrogen-bond donors (Lipinski definition) is 0. The van der Waals surface area contributed by atoms with Crippen molar-refractivity contribution in [2.75, 3.05) is 6.67 Å². The lowest BCUT2D eigenvalue weighted by molar-refractivity contribution is 0.515. The zero-order chi connectivity index (χ0) is 10.6. The summed E-state index contributed by atoms with van der Waals surface area (Å²) in [6.45, 7) is 5.79. The zero-order valence-electron chi connectivity index (χ0n) is 9.23. The molecule has 0 spiro atoms. The summed E-state index contributed by atoms with van der Waals surface area (Å²) in [6, 6.07) is 6.17. The quantitative estimate of drug-likeness (QED) is 0.683. The highest BCUT2D eigenvalue weighted by Gasteiger charge is 2.11. The van der Waals surface area contributed by atoms with E-state index in [9.17, 15) is 4.39 Å². The number of alkyl halides is 1. The second-order valence-corrected chi connectivity index (χ2v) is 3.56. The molecular weight excluding hydrogens is 175 g/mol. The fourth-order valence-electron chi connectivity index (χ4n) is 1.86. The molecule has 0 fully saturated rings. The number of rotatable bonds is 4. The van der Waals surface area contributed by atoms with E-state index in [2.05, 4.69) is 19.9 Å². The van der Waals surface area contributed by atoms with E-state index < -0.39 is 0 Å². The first-order valence-corrected chi connectivity index (χ1v) is 5.24. The largest absolute Gasteiger partial charge is 0.250 e. The molecule has 0 aliphatic rings. The summed E-state index contributed by atoms with van der Waals surface area (Å²) in [5.74, 6) is 0.845. The summed E-state index contributed by atoms with van der Waals surface area (Å²) in [5, 5.41) is 0. The summed E-state index contributed by atoms with van der Waals surface area (Å²) >= 11 is 0. The van der Waals surface area contributed by atoms with Gasteiger partial charge in [-0.15, -0.1) is 0 Å². The minimum absolute atomic E-state index is 0.347. The van der Waals surface area contributed by atoms with Gasteiger partial charge in [0.2, 0.25) is 0 Å². The van der Waals surface area contributed by atoms with E-state index in [4.69, 9.17) is 0 Å². The maximum absolute atomic E-state index is 12.6. The Morgan fingerprint density at radius 3 is 2.43 bits per heavy atom. The van der Waals surface area contributed by atoms with Gasteiger partial charge in [0.1, 0.15) is 0 Å². The van der Waals surface area contributed by atoms with Crippen LogP contribution in [0.2, 0.25) is 0 Å². The Morgan fingerprint density at radius 1 is 1.21 bits per heavy atom. The second-order valence-electron chi connectivity index (χ2n) is 3.56. The fourth-order valence-corrected chi connectivity index (χ4v) is 1.86. The third-order valence-corrected chi connectivity index (χ3v) is 2.67. The Morgan fingerprint density at radius 2 is 1.93 bits per heavy atom. The van der Waals surface area contributed by atoms with E-state index in [1.165, 1.54) is 11.1 Å². The molecule has 0 heterocycles. The Balaban J connectivity index is 3.14. The van der Waals surface area contributed by atoms with Crippen molar-refractivity contribution in [3.05, 3.63) is 40.8 Å². The highest BCUT2D eigenvalue weighted by Crippen LogP contribution is 2.23. The molecule has 0 N–H and O–H groups in total. The van der Waals surface area contributed by atoms with E-state index >= 15 is 0 Å². The molecule has 1 heteroatoms. The lowest BCUT2D eigenvalue weighted by atomic mass is 9.90. The summed E-state index contributed by atoms with van der Waals surface area (Å²) in [5.41, 5.74) is 3.76. The monoisotopic (exact) mass is 193 g/mol. The van der Waals surface area contributed by atoms with Gasteiger partial charge in [-0.1, -0.05) is 39.0 Å². The SMILES string of the molecule is CCc1cccc([C](C)CF)c1CC. The number of aryl methyl sites for hydroxylation is 1.